The molecule has 1 unspecified atom stereocenters. The Hall–Kier alpha value is -1.06. The van der Waals surface area contributed by atoms with Crippen molar-refractivity contribution in [3.63, 3.8) is 0 Å². The number of hydrogen-bond acceptors (Lipinski definition) is 2. The van der Waals surface area contributed by atoms with Crippen LogP contribution in [0.3, 0.4) is 0 Å². The van der Waals surface area contributed by atoms with Gasteiger partial charge in [0.15, 0.2) is 0 Å². The Morgan fingerprint density at radius 1 is 1.27 bits per heavy atom. The van der Waals surface area contributed by atoms with Crippen molar-refractivity contribution in [3.05, 3.63) is 35.9 Å². The summed E-state index contributed by atoms with van der Waals surface area (Å²) in [6.45, 7) is 4.97. The largest absolute Gasteiger partial charge is 0.336 e. The SMILES string of the molecule is CCC(c1ccccc1)N(CC)C(=O)C[C@@H]1CCC[C@H]1N.Cl. The van der Waals surface area contributed by atoms with E-state index in [1.165, 1.54) is 12.0 Å². The van der Waals surface area contributed by atoms with Gasteiger partial charge in [0.1, 0.15) is 0 Å². The Morgan fingerprint density at radius 2 is 1.95 bits per heavy atom. The molecule has 1 aliphatic rings. The highest BCUT2D eigenvalue weighted by molar-refractivity contribution is 5.85. The van der Waals surface area contributed by atoms with E-state index in [0.29, 0.717) is 12.3 Å². The minimum Gasteiger partial charge on any atom is -0.336 e. The first-order chi connectivity index (χ1) is 10.2. The highest BCUT2D eigenvalue weighted by Gasteiger charge is 2.29. The number of nitrogens with two attached hydrogens (primary N) is 1. The monoisotopic (exact) mass is 324 g/mol. The van der Waals surface area contributed by atoms with E-state index in [-0.39, 0.29) is 30.4 Å². The van der Waals surface area contributed by atoms with Gasteiger partial charge in [0.25, 0.3) is 0 Å². The average molecular weight is 325 g/mol. The second-order valence-corrected chi connectivity index (χ2v) is 6.07. The van der Waals surface area contributed by atoms with E-state index in [1.807, 2.05) is 23.1 Å². The molecule has 1 saturated carbocycles. The number of hydrogen-bond donors (Lipinski definition) is 1. The molecular weight excluding hydrogens is 296 g/mol. The lowest BCUT2D eigenvalue weighted by molar-refractivity contribution is -0.134. The lowest BCUT2D eigenvalue weighted by atomic mass is 9.97. The molecular formula is C18H29ClN2O. The summed E-state index contributed by atoms with van der Waals surface area (Å²) in [5.41, 5.74) is 7.35. The van der Waals surface area contributed by atoms with E-state index in [0.717, 1.165) is 25.8 Å². The van der Waals surface area contributed by atoms with Crippen LogP contribution in [0.25, 0.3) is 0 Å². The lowest BCUT2D eigenvalue weighted by Gasteiger charge is -2.32. The molecule has 0 radical (unpaired) electrons. The highest BCUT2D eigenvalue weighted by atomic mass is 35.5. The van der Waals surface area contributed by atoms with E-state index in [1.54, 1.807) is 0 Å². The Labute approximate surface area is 140 Å². The van der Waals surface area contributed by atoms with Crippen LogP contribution in [0.5, 0.6) is 0 Å². The molecule has 1 amide bonds. The zero-order valence-corrected chi connectivity index (χ0v) is 14.5. The van der Waals surface area contributed by atoms with Crippen molar-refractivity contribution >= 4 is 18.3 Å². The van der Waals surface area contributed by atoms with Crippen LogP contribution in [-0.4, -0.2) is 23.4 Å². The summed E-state index contributed by atoms with van der Waals surface area (Å²) in [5.74, 6) is 0.635. The van der Waals surface area contributed by atoms with Crippen LogP contribution in [0.2, 0.25) is 0 Å². The summed E-state index contributed by atoms with van der Waals surface area (Å²) < 4.78 is 0. The van der Waals surface area contributed by atoms with Crippen LogP contribution < -0.4 is 5.73 Å². The molecule has 0 bridgehead atoms. The van der Waals surface area contributed by atoms with Crippen molar-refractivity contribution in [2.45, 2.75) is 58.0 Å². The van der Waals surface area contributed by atoms with Gasteiger partial charge in [-0.1, -0.05) is 43.7 Å². The second kappa shape index (κ2) is 9.16. The zero-order valence-electron chi connectivity index (χ0n) is 13.7. The average Bonchev–Trinajstić information content (AvgIpc) is 2.90. The number of nitrogens with zero attached hydrogens (tertiary/aromatic N) is 1. The third-order valence-corrected chi connectivity index (χ3v) is 4.76. The number of rotatable bonds is 6. The Balaban J connectivity index is 0.00000242. The standard InChI is InChI=1S/C18H28N2O.ClH/c1-3-17(14-9-6-5-7-10-14)20(4-2)18(21)13-15-11-8-12-16(15)19;/h5-7,9-10,15-17H,3-4,8,11-13,19H2,1-2H3;1H/t15-,16+,17?;/m0./s1. The maximum Gasteiger partial charge on any atom is 0.223 e. The zero-order chi connectivity index (χ0) is 15.2. The number of halogens is 1. The molecule has 124 valence electrons. The summed E-state index contributed by atoms with van der Waals surface area (Å²) in [4.78, 5) is 14.7. The van der Waals surface area contributed by atoms with E-state index in [9.17, 15) is 4.79 Å². The third kappa shape index (κ3) is 4.47. The first-order valence-corrected chi connectivity index (χ1v) is 8.27. The first kappa shape index (κ1) is 19.0. The van der Waals surface area contributed by atoms with Gasteiger partial charge in [-0.25, -0.2) is 0 Å². The first-order valence-electron chi connectivity index (χ1n) is 8.27. The van der Waals surface area contributed by atoms with Gasteiger partial charge in [-0.05, 0) is 37.7 Å². The normalized spacial score (nSPS) is 22.0. The van der Waals surface area contributed by atoms with Gasteiger partial charge in [0.2, 0.25) is 5.91 Å². The van der Waals surface area contributed by atoms with E-state index in [2.05, 4.69) is 26.0 Å². The molecule has 1 aromatic carbocycles. The van der Waals surface area contributed by atoms with E-state index >= 15 is 0 Å². The quantitative estimate of drug-likeness (QED) is 0.862. The van der Waals surface area contributed by atoms with E-state index in [4.69, 9.17) is 5.73 Å². The molecule has 4 heteroatoms. The molecule has 2 rings (SSSR count). The fraction of sp³-hybridized carbons (Fsp3) is 0.611. The molecule has 0 heterocycles. The fourth-order valence-electron chi connectivity index (χ4n) is 3.54. The second-order valence-electron chi connectivity index (χ2n) is 6.07. The van der Waals surface area contributed by atoms with Crippen molar-refractivity contribution < 1.29 is 4.79 Å². The van der Waals surface area contributed by atoms with Gasteiger partial charge in [0, 0.05) is 19.0 Å². The van der Waals surface area contributed by atoms with Crippen LogP contribution in [0.1, 0.15) is 57.6 Å². The highest BCUT2D eigenvalue weighted by Crippen LogP contribution is 2.30. The van der Waals surface area contributed by atoms with Gasteiger partial charge in [-0.15, -0.1) is 12.4 Å². The Morgan fingerprint density at radius 3 is 2.45 bits per heavy atom. The van der Waals surface area contributed by atoms with Crippen LogP contribution in [-0.2, 0) is 4.79 Å². The van der Waals surface area contributed by atoms with Crippen LogP contribution >= 0.6 is 12.4 Å². The summed E-state index contributed by atoms with van der Waals surface area (Å²) in [6.07, 6.45) is 4.90. The van der Waals surface area contributed by atoms with E-state index < -0.39 is 0 Å². The minimum atomic E-state index is 0. The molecule has 0 saturated heterocycles. The topological polar surface area (TPSA) is 46.3 Å². The van der Waals surface area contributed by atoms with Crippen LogP contribution in [0, 0.1) is 5.92 Å². The molecule has 0 aromatic heterocycles. The van der Waals surface area contributed by atoms with Crippen molar-refractivity contribution in [3.8, 4) is 0 Å². The van der Waals surface area contributed by atoms with Crippen LogP contribution in [0.15, 0.2) is 30.3 Å². The van der Waals surface area contributed by atoms with Gasteiger partial charge >= 0.3 is 0 Å². The molecule has 3 nitrogen and oxygen atoms in total. The predicted molar refractivity (Wildman–Crippen MR) is 94.0 cm³/mol. The lowest BCUT2D eigenvalue weighted by Crippen LogP contribution is -2.37. The maximum atomic E-state index is 12.7. The number of carbonyl (C=O) groups excluding carboxylic acids is 1. The smallest absolute Gasteiger partial charge is 0.223 e. The van der Waals surface area contributed by atoms with Crippen molar-refractivity contribution in [1.82, 2.24) is 4.90 Å². The summed E-state index contributed by atoms with van der Waals surface area (Å²) >= 11 is 0. The molecule has 0 spiro atoms. The number of carbonyl (C=O) groups is 1. The van der Waals surface area contributed by atoms with Gasteiger partial charge < -0.3 is 10.6 Å². The molecule has 2 N–H and O–H groups in total. The number of benzene rings is 1. The van der Waals surface area contributed by atoms with Crippen molar-refractivity contribution in [2.24, 2.45) is 11.7 Å². The van der Waals surface area contributed by atoms with Crippen molar-refractivity contribution in [1.29, 1.82) is 0 Å². The van der Waals surface area contributed by atoms with Crippen LogP contribution in [0.4, 0.5) is 0 Å². The molecule has 1 aromatic rings. The van der Waals surface area contributed by atoms with Crippen molar-refractivity contribution in [2.75, 3.05) is 6.54 Å². The van der Waals surface area contributed by atoms with Gasteiger partial charge in [-0.3, -0.25) is 4.79 Å². The fourth-order valence-corrected chi connectivity index (χ4v) is 3.54. The molecule has 1 fully saturated rings. The molecule has 3 atom stereocenters. The Bertz CT molecular complexity index is 452. The molecule has 0 aliphatic heterocycles. The third-order valence-electron chi connectivity index (χ3n) is 4.76. The predicted octanol–water partition coefficient (Wildman–Crippen LogP) is 3.93. The molecule has 22 heavy (non-hydrogen) atoms. The summed E-state index contributed by atoms with van der Waals surface area (Å²) in [6, 6.07) is 10.7. The Kier molecular flexibility index (Phi) is 7.91. The number of amides is 1. The summed E-state index contributed by atoms with van der Waals surface area (Å²) in [7, 11) is 0. The minimum absolute atomic E-state index is 0. The van der Waals surface area contributed by atoms with Gasteiger partial charge in [0.05, 0.1) is 6.04 Å². The summed E-state index contributed by atoms with van der Waals surface area (Å²) in [5, 5.41) is 0. The molecule has 1 aliphatic carbocycles. The van der Waals surface area contributed by atoms with Gasteiger partial charge in [-0.2, -0.15) is 0 Å². The maximum absolute atomic E-state index is 12.7.